The predicted octanol–water partition coefficient (Wildman–Crippen LogP) is 2.95. The van der Waals surface area contributed by atoms with Crippen LogP contribution in [-0.2, 0) is 0 Å². The van der Waals surface area contributed by atoms with Crippen LogP contribution in [0.15, 0.2) is 18.2 Å². The lowest BCUT2D eigenvalue weighted by Crippen LogP contribution is -2.00. The molecule has 0 aliphatic heterocycles. The van der Waals surface area contributed by atoms with Gasteiger partial charge in [0, 0.05) is 17.9 Å². The number of rotatable bonds is 3. The van der Waals surface area contributed by atoms with Gasteiger partial charge in [-0.2, -0.15) is 0 Å². The van der Waals surface area contributed by atoms with Crippen LogP contribution in [0.5, 0.6) is 0 Å². The summed E-state index contributed by atoms with van der Waals surface area (Å²) in [5.74, 6) is -0.191. The highest BCUT2D eigenvalue weighted by atomic mass is 35.5. The van der Waals surface area contributed by atoms with Crippen molar-refractivity contribution in [3.8, 4) is 0 Å². The Labute approximate surface area is 81.5 Å². The van der Waals surface area contributed by atoms with Crippen LogP contribution in [0.2, 0.25) is 0 Å². The van der Waals surface area contributed by atoms with Crippen molar-refractivity contribution in [3.05, 3.63) is 35.1 Å². The lowest BCUT2D eigenvalue weighted by Gasteiger charge is -2.00. The molecule has 0 unspecified atom stereocenters. The molecule has 0 aliphatic carbocycles. The van der Waals surface area contributed by atoms with Crippen LogP contribution >= 0.6 is 11.6 Å². The van der Waals surface area contributed by atoms with Crippen molar-refractivity contribution >= 4 is 17.4 Å². The Morgan fingerprint density at radius 1 is 1.54 bits per heavy atom. The Morgan fingerprint density at radius 3 is 2.77 bits per heavy atom. The topological polar surface area (TPSA) is 17.1 Å². The van der Waals surface area contributed by atoms with Crippen LogP contribution in [-0.4, -0.2) is 11.7 Å². The number of alkyl halides is 1. The molecule has 0 fully saturated rings. The van der Waals surface area contributed by atoms with Crippen LogP contribution in [0.1, 0.15) is 22.3 Å². The zero-order valence-electron chi connectivity index (χ0n) is 7.31. The average Bonchev–Trinajstić information content (AvgIpc) is 2.10. The van der Waals surface area contributed by atoms with Gasteiger partial charge in [0.25, 0.3) is 0 Å². The summed E-state index contributed by atoms with van der Waals surface area (Å²) < 4.78 is 13.0. The highest BCUT2D eigenvalue weighted by Crippen LogP contribution is 2.11. The summed E-state index contributed by atoms with van der Waals surface area (Å²) in [5, 5.41) is 0. The second kappa shape index (κ2) is 4.38. The molecule has 0 heterocycles. The molecule has 1 aromatic carbocycles. The molecule has 1 aromatic rings. The average molecular weight is 201 g/mol. The fraction of sp³-hybridized carbons (Fsp3) is 0.300. The maximum absolute atomic E-state index is 13.0. The molecule has 1 rings (SSSR count). The monoisotopic (exact) mass is 200 g/mol. The number of Topliss-reactive ketones (excluding diaryl/α,β-unsaturated/α-hetero) is 1. The van der Waals surface area contributed by atoms with Gasteiger partial charge in [-0.3, -0.25) is 4.79 Å². The molecule has 0 bridgehead atoms. The molecular formula is C10H10ClFO. The van der Waals surface area contributed by atoms with Gasteiger partial charge in [0.2, 0.25) is 0 Å². The molecule has 0 atom stereocenters. The second-order valence-electron chi connectivity index (χ2n) is 2.83. The van der Waals surface area contributed by atoms with Crippen molar-refractivity contribution in [1.82, 2.24) is 0 Å². The van der Waals surface area contributed by atoms with Gasteiger partial charge in [-0.25, -0.2) is 4.39 Å². The number of carbonyl (C=O) groups excluding carboxylic acids is 1. The third kappa shape index (κ3) is 2.52. The smallest absolute Gasteiger partial charge is 0.164 e. The Hall–Kier alpha value is -0.890. The van der Waals surface area contributed by atoms with E-state index in [0.29, 0.717) is 11.1 Å². The first-order valence-corrected chi connectivity index (χ1v) is 4.54. The van der Waals surface area contributed by atoms with Gasteiger partial charge in [0.05, 0.1) is 0 Å². The standard InChI is InChI=1S/C10H10ClFO/c1-7-2-3-8(6-9(7)12)10(13)4-5-11/h2-3,6H,4-5H2,1H3. The number of halogens is 2. The van der Waals surface area contributed by atoms with E-state index in [1.54, 1.807) is 19.1 Å². The Morgan fingerprint density at radius 2 is 2.23 bits per heavy atom. The predicted molar refractivity (Wildman–Crippen MR) is 50.8 cm³/mol. The van der Waals surface area contributed by atoms with Gasteiger partial charge in [0.15, 0.2) is 5.78 Å². The molecule has 13 heavy (non-hydrogen) atoms. The molecule has 0 spiro atoms. The normalized spacial score (nSPS) is 10.1. The second-order valence-corrected chi connectivity index (χ2v) is 3.20. The van der Waals surface area contributed by atoms with Crippen molar-refractivity contribution in [2.24, 2.45) is 0 Å². The number of benzene rings is 1. The highest BCUT2D eigenvalue weighted by molar-refractivity contribution is 6.19. The summed E-state index contributed by atoms with van der Waals surface area (Å²) in [6.45, 7) is 1.66. The van der Waals surface area contributed by atoms with E-state index in [4.69, 9.17) is 11.6 Å². The fourth-order valence-electron chi connectivity index (χ4n) is 0.996. The molecule has 0 radical (unpaired) electrons. The summed E-state index contributed by atoms with van der Waals surface area (Å²) in [6.07, 6.45) is 0.254. The van der Waals surface area contributed by atoms with Gasteiger partial charge in [-0.05, 0) is 18.6 Å². The maximum atomic E-state index is 13.0. The lowest BCUT2D eigenvalue weighted by molar-refractivity contribution is 0.0989. The molecule has 70 valence electrons. The molecule has 0 aromatic heterocycles. The van der Waals surface area contributed by atoms with E-state index in [-0.39, 0.29) is 23.9 Å². The minimum absolute atomic E-state index is 0.117. The van der Waals surface area contributed by atoms with Gasteiger partial charge >= 0.3 is 0 Å². The van der Waals surface area contributed by atoms with Crippen molar-refractivity contribution < 1.29 is 9.18 Å². The molecule has 0 aliphatic rings. The zero-order valence-corrected chi connectivity index (χ0v) is 8.07. The van der Waals surface area contributed by atoms with E-state index in [9.17, 15) is 9.18 Å². The minimum Gasteiger partial charge on any atom is -0.294 e. The van der Waals surface area contributed by atoms with E-state index in [0.717, 1.165) is 0 Å². The van der Waals surface area contributed by atoms with E-state index >= 15 is 0 Å². The summed E-state index contributed by atoms with van der Waals surface area (Å²) in [4.78, 5) is 11.3. The van der Waals surface area contributed by atoms with Gasteiger partial charge in [-0.15, -0.1) is 11.6 Å². The molecular weight excluding hydrogens is 191 g/mol. The molecule has 0 amide bonds. The van der Waals surface area contributed by atoms with E-state index in [1.807, 2.05) is 0 Å². The third-order valence-electron chi connectivity index (χ3n) is 1.82. The van der Waals surface area contributed by atoms with E-state index in [1.165, 1.54) is 6.07 Å². The van der Waals surface area contributed by atoms with Gasteiger partial charge < -0.3 is 0 Å². The van der Waals surface area contributed by atoms with E-state index in [2.05, 4.69) is 0 Å². The number of aryl methyl sites for hydroxylation is 1. The van der Waals surface area contributed by atoms with Crippen molar-refractivity contribution in [2.45, 2.75) is 13.3 Å². The van der Waals surface area contributed by atoms with Crippen LogP contribution in [0.25, 0.3) is 0 Å². The Kier molecular flexibility index (Phi) is 3.43. The first kappa shape index (κ1) is 10.2. The summed E-state index contributed by atoms with van der Waals surface area (Å²) >= 11 is 5.40. The number of ketones is 1. The Bertz CT molecular complexity index is 323. The largest absolute Gasteiger partial charge is 0.294 e. The fourth-order valence-corrected chi connectivity index (χ4v) is 1.17. The molecule has 3 heteroatoms. The summed E-state index contributed by atoms with van der Waals surface area (Å²) in [7, 11) is 0. The SMILES string of the molecule is Cc1ccc(C(=O)CCCl)cc1F. The van der Waals surface area contributed by atoms with Gasteiger partial charge in [0.1, 0.15) is 5.82 Å². The Balaban J connectivity index is 2.90. The van der Waals surface area contributed by atoms with Crippen molar-refractivity contribution in [2.75, 3.05) is 5.88 Å². The zero-order chi connectivity index (χ0) is 9.84. The molecule has 0 saturated carbocycles. The van der Waals surface area contributed by atoms with Crippen molar-refractivity contribution in [3.63, 3.8) is 0 Å². The third-order valence-corrected chi connectivity index (χ3v) is 2.00. The maximum Gasteiger partial charge on any atom is 0.164 e. The number of hydrogen-bond donors (Lipinski definition) is 0. The first-order chi connectivity index (χ1) is 6.15. The minimum atomic E-state index is -0.347. The summed E-state index contributed by atoms with van der Waals surface area (Å²) in [6, 6.07) is 4.47. The van der Waals surface area contributed by atoms with Crippen LogP contribution in [0, 0.1) is 12.7 Å². The van der Waals surface area contributed by atoms with Crippen molar-refractivity contribution in [1.29, 1.82) is 0 Å². The summed E-state index contributed by atoms with van der Waals surface area (Å²) in [5.41, 5.74) is 0.936. The molecule has 1 nitrogen and oxygen atoms in total. The van der Waals surface area contributed by atoms with E-state index < -0.39 is 0 Å². The number of carbonyl (C=O) groups is 1. The lowest BCUT2D eigenvalue weighted by atomic mass is 10.1. The highest BCUT2D eigenvalue weighted by Gasteiger charge is 2.06. The molecule has 0 saturated heterocycles. The quantitative estimate of drug-likeness (QED) is 0.542. The van der Waals surface area contributed by atoms with Crippen LogP contribution < -0.4 is 0 Å². The van der Waals surface area contributed by atoms with Crippen LogP contribution in [0.4, 0.5) is 4.39 Å². The number of hydrogen-bond acceptors (Lipinski definition) is 1. The molecule has 0 N–H and O–H groups in total. The van der Waals surface area contributed by atoms with Crippen LogP contribution in [0.3, 0.4) is 0 Å². The first-order valence-electron chi connectivity index (χ1n) is 4.00. The van der Waals surface area contributed by atoms with Gasteiger partial charge in [-0.1, -0.05) is 12.1 Å².